The third kappa shape index (κ3) is 3.35. The van der Waals surface area contributed by atoms with Crippen molar-refractivity contribution in [1.82, 2.24) is 4.90 Å². The van der Waals surface area contributed by atoms with Gasteiger partial charge < -0.3 is 0 Å². The molecule has 20 heavy (non-hydrogen) atoms. The molecule has 0 saturated carbocycles. The average molecular weight is 316 g/mol. The van der Waals surface area contributed by atoms with Crippen molar-refractivity contribution in [3.63, 3.8) is 0 Å². The fourth-order valence-electron chi connectivity index (χ4n) is 2.97. The molecule has 1 aromatic rings. The van der Waals surface area contributed by atoms with Gasteiger partial charge in [0.1, 0.15) is 0 Å². The molecule has 0 N–H and O–H groups in total. The molecule has 1 saturated heterocycles. The van der Waals surface area contributed by atoms with E-state index >= 15 is 0 Å². The van der Waals surface area contributed by atoms with Crippen LogP contribution in [0.5, 0.6) is 0 Å². The number of piperidine rings is 1. The minimum absolute atomic E-state index is 0.248. The predicted molar refractivity (Wildman–Crippen MR) is 83.0 cm³/mol. The number of rotatable bonds is 4. The summed E-state index contributed by atoms with van der Waals surface area (Å²) in [5, 5.41) is 0.406. The summed E-state index contributed by atoms with van der Waals surface area (Å²) in [4.78, 5) is 2.68. The van der Waals surface area contributed by atoms with Crippen LogP contribution in [-0.4, -0.2) is 32.7 Å². The summed E-state index contributed by atoms with van der Waals surface area (Å²) in [5.41, 5.74) is 0.961. The second-order valence-corrected chi connectivity index (χ2v) is 7.84. The van der Waals surface area contributed by atoms with Gasteiger partial charge in [0, 0.05) is 12.3 Å². The number of nitrogens with zero attached hydrogens (tertiary/aromatic N) is 1. The highest BCUT2D eigenvalue weighted by Gasteiger charge is 2.27. The molecule has 0 aliphatic carbocycles. The Morgan fingerprint density at radius 3 is 2.75 bits per heavy atom. The number of halogens is 1. The predicted octanol–water partition coefficient (Wildman–Crippen LogP) is 3.68. The van der Waals surface area contributed by atoms with Crippen LogP contribution >= 0.6 is 11.6 Å². The molecular formula is C15H22ClNO2S. The average Bonchev–Trinajstić information content (AvgIpc) is 2.39. The van der Waals surface area contributed by atoms with E-state index in [1.54, 1.807) is 12.1 Å². The summed E-state index contributed by atoms with van der Waals surface area (Å²) in [6.45, 7) is 4.27. The lowest BCUT2D eigenvalue weighted by Crippen LogP contribution is -2.34. The molecule has 0 aromatic heterocycles. The molecule has 1 heterocycles. The molecule has 0 amide bonds. The first kappa shape index (κ1) is 15.8. The molecule has 112 valence electrons. The van der Waals surface area contributed by atoms with E-state index in [0.717, 1.165) is 31.5 Å². The van der Waals surface area contributed by atoms with E-state index in [2.05, 4.69) is 11.8 Å². The topological polar surface area (TPSA) is 37.4 Å². The van der Waals surface area contributed by atoms with Crippen LogP contribution in [0.25, 0.3) is 0 Å². The Kier molecular flexibility index (Phi) is 5.10. The molecule has 1 fully saturated rings. The fraction of sp³-hybridized carbons (Fsp3) is 0.600. The maximum Gasteiger partial charge on any atom is 0.177 e. The second-order valence-electron chi connectivity index (χ2n) is 5.48. The van der Waals surface area contributed by atoms with Crippen molar-refractivity contribution in [1.29, 1.82) is 0 Å². The van der Waals surface area contributed by atoms with Crippen LogP contribution in [0, 0.1) is 0 Å². The second kappa shape index (κ2) is 6.46. The van der Waals surface area contributed by atoms with Gasteiger partial charge in [-0.1, -0.05) is 37.1 Å². The fourth-order valence-corrected chi connectivity index (χ4v) is 4.41. The zero-order chi connectivity index (χ0) is 14.8. The molecule has 2 rings (SSSR count). The lowest BCUT2D eigenvalue weighted by Gasteiger charge is -2.36. The van der Waals surface area contributed by atoms with Gasteiger partial charge in [0.25, 0.3) is 0 Å². The summed E-state index contributed by atoms with van der Waals surface area (Å²) in [6, 6.07) is 5.61. The van der Waals surface area contributed by atoms with E-state index in [9.17, 15) is 8.42 Å². The molecule has 1 unspecified atom stereocenters. The van der Waals surface area contributed by atoms with E-state index in [1.807, 2.05) is 6.07 Å². The Morgan fingerprint density at radius 2 is 2.10 bits per heavy atom. The Morgan fingerprint density at radius 1 is 1.35 bits per heavy atom. The van der Waals surface area contributed by atoms with Crippen LogP contribution < -0.4 is 0 Å². The zero-order valence-electron chi connectivity index (χ0n) is 12.1. The van der Waals surface area contributed by atoms with Crippen molar-refractivity contribution in [2.75, 3.05) is 19.3 Å². The van der Waals surface area contributed by atoms with Gasteiger partial charge in [-0.2, -0.15) is 0 Å². The minimum atomic E-state index is -3.27. The number of sulfone groups is 1. The minimum Gasteiger partial charge on any atom is -0.296 e. The van der Waals surface area contributed by atoms with Gasteiger partial charge in [-0.15, -0.1) is 0 Å². The molecule has 0 spiro atoms. The summed E-state index contributed by atoms with van der Waals surface area (Å²) in [7, 11) is -3.27. The van der Waals surface area contributed by atoms with E-state index in [0.29, 0.717) is 5.02 Å². The zero-order valence-corrected chi connectivity index (χ0v) is 13.7. The van der Waals surface area contributed by atoms with Crippen molar-refractivity contribution in [3.8, 4) is 0 Å². The van der Waals surface area contributed by atoms with Crippen LogP contribution in [0.4, 0.5) is 0 Å². The monoisotopic (exact) mass is 315 g/mol. The smallest absolute Gasteiger partial charge is 0.177 e. The molecule has 5 heteroatoms. The highest BCUT2D eigenvalue weighted by atomic mass is 35.5. The van der Waals surface area contributed by atoms with Crippen LogP contribution in [0.3, 0.4) is 0 Å². The van der Waals surface area contributed by atoms with Gasteiger partial charge in [0.2, 0.25) is 0 Å². The quantitative estimate of drug-likeness (QED) is 0.850. The number of hydrogen-bond donors (Lipinski definition) is 0. The normalized spacial score (nSPS) is 21.1. The maximum atomic E-state index is 11.8. The highest BCUT2D eigenvalue weighted by molar-refractivity contribution is 7.90. The first-order chi connectivity index (χ1) is 9.45. The van der Waals surface area contributed by atoms with Crippen molar-refractivity contribution < 1.29 is 8.42 Å². The van der Waals surface area contributed by atoms with E-state index in [4.69, 9.17) is 11.6 Å². The third-order valence-electron chi connectivity index (χ3n) is 3.88. The summed E-state index contributed by atoms with van der Waals surface area (Å²) in [6.07, 6.45) is 5.74. The van der Waals surface area contributed by atoms with E-state index in [1.165, 1.54) is 19.1 Å². The first-order valence-corrected chi connectivity index (χ1v) is 9.44. The molecule has 1 atom stereocenters. The molecule has 1 aromatic carbocycles. The Bertz CT molecular complexity index is 569. The Balaban J connectivity index is 2.41. The molecular weight excluding hydrogens is 294 g/mol. The maximum absolute atomic E-state index is 11.8. The van der Waals surface area contributed by atoms with Crippen LogP contribution in [0.2, 0.25) is 5.02 Å². The molecule has 0 radical (unpaired) electrons. The summed E-state index contributed by atoms with van der Waals surface area (Å²) < 4.78 is 23.6. The van der Waals surface area contributed by atoms with E-state index in [-0.39, 0.29) is 10.9 Å². The largest absolute Gasteiger partial charge is 0.296 e. The van der Waals surface area contributed by atoms with Gasteiger partial charge >= 0.3 is 0 Å². The van der Waals surface area contributed by atoms with Gasteiger partial charge in [0.15, 0.2) is 9.84 Å². The van der Waals surface area contributed by atoms with Crippen LogP contribution in [-0.2, 0) is 9.84 Å². The van der Waals surface area contributed by atoms with Crippen LogP contribution in [0.1, 0.15) is 44.2 Å². The number of hydrogen-bond acceptors (Lipinski definition) is 3. The lowest BCUT2D eigenvalue weighted by molar-refractivity contribution is 0.149. The Hall–Kier alpha value is -0.580. The summed E-state index contributed by atoms with van der Waals surface area (Å²) in [5.74, 6) is 0. The first-order valence-electron chi connectivity index (χ1n) is 7.17. The lowest BCUT2D eigenvalue weighted by atomic mass is 9.95. The van der Waals surface area contributed by atoms with Gasteiger partial charge in [-0.25, -0.2) is 8.42 Å². The Labute approximate surface area is 126 Å². The third-order valence-corrected chi connectivity index (χ3v) is 5.55. The molecule has 3 nitrogen and oxygen atoms in total. The molecule has 0 bridgehead atoms. The van der Waals surface area contributed by atoms with Gasteiger partial charge in [0.05, 0.1) is 9.92 Å². The summed E-state index contributed by atoms with van der Waals surface area (Å²) >= 11 is 6.39. The van der Waals surface area contributed by atoms with Crippen molar-refractivity contribution in [2.45, 2.75) is 43.5 Å². The van der Waals surface area contributed by atoms with Crippen molar-refractivity contribution in [3.05, 3.63) is 28.8 Å². The number of likely N-dealkylation sites (tertiary alicyclic amines) is 1. The number of benzene rings is 1. The van der Waals surface area contributed by atoms with Crippen molar-refractivity contribution in [2.24, 2.45) is 0 Å². The van der Waals surface area contributed by atoms with Gasteiger partial charge in [-0.05, 0) is 44.0 Å². The highest BCUT2D eigenvalue weighted by Crippen LogP contribution is 2.37. The molecule has 1 aliphatic rings. The standard InChI is InChI=1S/C15H22ClNO2S/c1-3-10-17-11-5-4-8-13(17)12-7-6-9-14(15(12)16)20(2,18)19/h6-7,9,13H,3-5,8,10-11H2,1-2H3. The SMILES string of the molecule is CCCN1CCCCC1c1cccc(S(C)(=O)=O)c1Cl. The van der Waals surface area contributed by atoms with Gasteiger partial charge in [-0.3, -0.25) is 4.90 Å². The molecule has 1 aliphatic heterocycles. The van der Waals surface area contributed by atoms with Crippen LogP contribution in [0.15, 0.2) is 23.1 Å². The van der Waals surface area contributed by atoms with E-state index < -0.39 is 9.84 Å². The van der Waals surface area contributed by atoms with Crippen molar-refractivity contribution >= 4 is 21.4 Å².